The minimum atomic E-state index is -0.127. The summed E-state index contributed by atoms with van der Waals surface area (Å²) >= 11 is 0. The van der Waals surface area contributed by atoms with Gasteiger partial charge >= 0.3 is 0 Å². The monoisotopic (exact) mass is 195 g/mol. The first kappa shape index (κ1) is 9.62. The Bertz CT molecular complexity index is 327. The van der Waals surface area contributed by atoms with Crippen LogP contribution in [-0.4, -0.2) is 17.8 Å². The van der Waals surface area contributed by atoms with Crippen LogP contribution in [0.1, 0.15) is 17.5 Å². The molecule has 1 heterocycles. The van der Waals surface area contributed by atoms with Gasteiger partial charge in [-0.2, -0.15) is 0 Å². The SMILES string of the molecule is OCCC1Cc2cccc(F)c2CN1. The van der Waals surface area contributed by atoms with Gasteiger partial charge in [-0.1, -0.05) is 12.1 Å². The second-order valence-corrected chi connectivity index (χ2v) is 3.67. The summed E-state index contributed by atoms with van der Waals surface area (Å²) in [4.78, 5) is 0. The lowest BCUT2D eigenvalue weighted by Gasteiger charge is -2.25. The predicted octanol–water partition coefficient (Wildman–Crippen LogP) is 1.22. The van der Waals surface area contributed by atoms with E-state index in [1.165, 1.54) is 6.07 Å². The molecule has 2 nitrogen and oxygen atoms in total. The molecule has 0 saturated carbocycles. The lowest BCUT2D eigenvalue weighted by atomic mass is 9.94. The molecule has 1 unspecified atom stereocenters. The van der Waals surface area contributed by atoms with E-state index in [2.05, 4.69) is 5.32 Å². The second kappa shape index (κ2) is 4.07. The van der Waals surface area contributed by atoms with Crippen molar-refractivity contribution in [1.29, 1.82) is 0 Å². The molecule has 14 heavy (non-hydrogen) atoms. The van der Waals surface area contributed by atoms with E-state index >= 15 is 0 Å². The van der Waals surface area contributed by atoms with Crippen molar-refractivity contribution in [3.05, 3.63) is 35.1 Å². The third kappa shape index (κ3) is 1.79. The molecule has 0 amide bonds. The number of nitrogens with one attached hydrogen (secondary N) is 1. The van der Waals surface area contributed by atoms with Crippen LogP contribution in [0.5, 0.6) is 0 Å². The van der Waals surface area contributed by atoms with E-state index in [1.54, 1.807) is 6.07 Å². The third-order valence-corrected chi connectivity index (χ3v) is 2.73. The maximum absolute atomic E-state index is 13.3. The van der Waals surface area contributed by atoms with Gasteiger partial charge in [0.1, 0.15) is 5.82 Å². The Kier molecular flexibility index (Phi) is 2.79. The summed E-state index contributed by atoms with van der Waals surface area (Å²) in [6.45, 7) is 0.759. The molecule has 2 rings (SSSR count). The van der Waals surface area contributed by atoms with Crippen LogP contribution in [0, 0.1) is 5.82 Å². The Morgan fingerprint density at radius 2 is 2.36 bits per heavy atom. The summed E-state index contributed by atoms with van der Waals surface area (Å²) in [7, 11) is 0. The van der Waals surface area contributed by atoms with E-state index in [0.717, 1.165) is 24.0 Å². The van der Waals surface area contributed by atoms with Gasteiger partial charge in [-0.25, -0.2) is 4.39 Å². The zero-order valence-electron chi connectivity index (χ0n) is 7.96. The standard InChI is InChI=1S/C11H14FNO/c12-11-3-1-2-8-6-9(4-5-14)13-7-10(8)11/h1-3,9,13-14H,4-7H2. The van der Waals surface area contributed by atoms with Crippen LogP contribution in [0.15, 0.2) is 18.2 Å². The molecule has 1 aliphatic heterocycles. The highest BCUT2D eigenvalue weighted by Gasteiger charge is 2.19. The maximum Gasteiger partial charge on any atom is 0.127 e. The molecule has 0 aromatic heterocycles. The van der Waals surface area contributed by atoms with Gasteiger partial charge in [-0.15, -0.1) is 0 Å². The zero-order chi connectivity index (χ0) is 9.97. The molecule has 3 heteroatoms. The fourth-order valence-electron chi connectivity index (χ4n) is 1.94. The van der Waals surface area contributed by atoms with Crippen molar-refractivity contribution in [3.63, 3.8) is 0 Å². The number of halogens is 1. The maximum atomic E-state index is 13.3. The molecule has 76 valence electrons. The molecular formula is C11H14FNO. The van der Waals surface area contributed by atoms with Crippen LogP contribution in [0.3, 0.4) is 0 Å². The van der Waals surface area contributed by atoms with E-state index < -0.39 is 0 Å². The van der Waals surface area contributed by atoms with Gasteiger partial charge in [0.25, 0.3) is 0 Å². The van der Waals surface area contributed by atoms with E-state index in [-0.39, 0.29) is 18.5 Å². The largest absolute Gasteiger partial charge is 0.396 e. The molecule has 0 aliphatic carbocycles. The van der Waals surface area contributed by atoms with Crippen molar-refractivity contribution in [2.45, 2.75) is 25.4 Å². The van der Waals surface area contributed by atoms with Crippen molar-refractivity contribution < 1.29 is 9.50 Å². The summed E-state index contributed by atoms with van der Waals surface area (Å²) in [5, 5.41) is 12.0. The molecule has 1 aromatic carbocycles. The lowest BCUT2D eigenvalue weighted by molar-refractivity contribution is 0.260. The van der Waals surface area contributed by atoms with Crippen LogP contribution in [-0.2, 0) is 13.0 Å². The van der Waals surface area contributed by atoms with Gasteiger partial charge in [-0.3, -0.25) is 0 Å². The highest BCUT2D eigenvalue weighted by atomic mass is 19.1. The quantitative estimate of drug-likeness (QED) is 0.743. The van der Waals surface area contributed by atoms with Gasteiger partial charge in [-0.05, 0) is 24.5 Å². The van der Waals surface area contributed by atoms with Crippen LogP contribution in [0.4, 0.5) is 4.39 Å². The Hall–Kier alpha value is -0.930. The Labute approximate surface area is 82.8 Å². The van der Waals surface area contributed by atoms with Gasteiger partial charge in [0.2, 0.25) is 0 Å². The Morgan fingerprint density at radius 1 is 1.50 bits per heavy atom. The molecule has 0 spiro atoms. The molecular weight excluding hydrogens is 181 g/mol. The topological polar surface area (TPSA) is 32.3 Å². The molecule has 1 atom stereocenters. The number of benzene rings is 1. The van der Waals surface area contributed by atoms with Gasteiger partial charge in [0.05, 0.1) is 0 Å². The smallest absolute Gasteiger partial charge is 0.127 e. The van der Waals surface area contributed by atoms with E-state index in [9.17, 15) is 4.39 Å². The Balaban J connectivity index is 2.18. The minimum Gasteiger partial charge on any atom is -0.396 e. The summed E-state index contributed by atoms with van der Waals surface area (Å²) in [5.41, 5.74) is 1.85. The second-order valence-electron chi connectivity index (χ2n) is 3.67. The van der Waals surface area contributed by atoms with Crippen LogP contribution >= 0.6 is 0 Å². The van der Waals surface area contributed by atoms with Crippen molar-refractivity contribution >= 4 is 0 Å². The number of hydrogen-bond acceptors (Lipinski definition) is 2. The van der Waals surface area contributed by atoms with Crippen molar-refractivity contribution in [1.82, 2.24) is 5.32 Å². The van der Waals surface area contributed by atoms with Crippen LogP contribution in [0.25, 0.3) is 0 Å². The van der Waals surface area contributed by atoms with E-state index in [0.29, 0.717) is 6.54 Å². The normalized spacial score (nSPS) is 20.6. The van der Waals surface area contributed by atoms with E-state index in [4.69, 9.17) is 5.11 Å². The average molecular weight is 195 g/mol. The van der Waals surface area contributed by atoms with Crippen LogP contribution in [0.2, 0.25) is 0 Å². The van der Waals surface area contributed by atoms with Crippen molar-refractivity contribution in [2.24, 2.45) is 0 Å². The average Bonchev–Trinajstić information content (AvgIpc) is 2.18. The summed E-state index contributed by atoms with van der Waals surface area (Å²) in [6, 6.07) is 5.49. The summed E-state index contributed by atoms with van der Waals surface area (Å²) in [6.07, 6.45) is 1.55. The van der Waals surface area contributed by atoms with Gasteiger partial charge < -0.3 is 10.4 Å². The fourth-order valence-corrected chi connectivity index (χ4v) is 1.94. The highest BCUT2D eigenvalue weighted by molar-refractivity contribution is 5.31. The Morgan fingerprint density at radius 3 is 3.14 bits per heavy atom. The number of fused-ring (bicyclic) bond motifs is 1. The molecule has 1 aliphatic rings. The fraction of sp³-hybridized carbons (Fsp3) is 0.455. The number of rotatable bonds is 2. The molecule has 0 radical (unpaired) electrons. The molecule has 0 bridgehead atoms. The first-order valence-electron chi connectivity index (χ1n) is 4.92. The summed E-state index contributed by atoms with van der Waals surface area (Å²) in [5.74, 6) is -0.127. The van der Waals surface area contributed by atoms with Gasteiger partial charge in [0.15, 0.2) is 0 Å². The minimum absolute atomic E-state index is 0.127. The highest BCUT2D eigenvalue weighted by Crippen LogP contribution is 2.20. The molecule has 2 N–H and O–H groups in total. The number of aliphatic hydroxyl groups is 1. The predicted molar refractivity (Wildman–Crippen MR) is 52.4 cm³/mol. The van der Waals surface area contributed by atoms with Crippen molar-refractivity contribution in [2.75, 3.05) is 6.61 Å². The number of hydrogen-bond donors (Lipinski definition) is 2. The van der Waals surface area contributed by atoms with Crippen molar-refractivity contribution in [3.8, 4) is 0 Å². The molecule has 0 saturated heterocycles. The molecule has 0 fully saturated rings. The lowest BCUT2D eigenvalue weighted by Crippen LogP contribution is -2.36. The zero-order valence-corrected chi connectivity index (χ0v) is 7.96. The third-order valence-electron chi connectivity index (χ3n) is 2.73. The number of aliphatic hydroxyl groups excluding tert-OH is 1. The van der Waals surface area contributed by atoms with Crippen LogP contribution < -0.4 is 5.32 Å². The summed E-state index contributed by atoms with van der Waals surface area (Å²) < 4.78 is 13.3. The van der Waals surface area contributed by atoms with Gasteiger partial charge in [0, 0.05) is 24.8 Å². The first-order valence-corrected chi connectivity index (χ1v) is 4.92. The molecule has 1 aromatic rings. The first-order chi connectivity index (χ1) is 6.81. The van der Waals surface area contributed by atoms with E-state index in [1.807, 2.05) is 6.07 Å².